The quantitative estimate of drug-likeness (QED) is 0.533. The minimum absolute atomic E-state index is 0.118. The summed E-state index contributed by atoms with van der Waals surface area (Å²) in [6, 6.07) is 0. The van der Waals surface area contributed by atoms with E-state index in [0.29, 0.717) is 32.0 Å². The summed E-state index contributed by atoms with van der Waals surface area (Å²) >= 11 is 0. The summed E-state index contributed by atoms with van der Waals surface area (Å²) in [7, 11) is -1.59. The van der Waals surface area contributed by atoms with Crippen LogP contribution in [0.5, 0.6) is 0 Å². The first-order chi connectivity index (χ1) is 12.2. The summed E-state index contributed by atoms with van der Waals surface area (Å²) in [6.07, 6.45) is 4.16. The standard InChI is InChI=1S/C18H35N3O4S/c1-5-6-9-21-16(12-20(4)13-17(23)14-22)11-19-18(21)26(24,25)10-7-8-15(2)3/h11,15,17,22-23H,5-10,12-14H2,1-4H3. The SMILES string of the molecule is CCCCn1c(CN(C)CC(O)CO)cnc1S(=O)(=O)CCCC(C)C. The zero-order valence-electron chi connectivity index (χ0n) is 16.6. The molecule has 26 heavy (non-hydrogen) atoms. The summed E-state index contributed by atoms with van der Waals surface area (Å²) in [5.74, 6) is 0.597. The first-order valence-electron chi connectivity index (χ1n) is 9.45. The Labute approximate surface area is 158 Å². The zero-order valence-corrected chi connectivity index (χ0v) is 17.4. The van der Waals surface area contributed by atoms with Crippen LogP contribution in [0.3, 0.4) is 0 Å². The van der Waals surface area contributed by atoms with E-state index in [4.69, 9.17) is 5.11 Å². The fraction of sp³-hybridized carbons (Fsp3) is 0.833. The van der Waals surface area contributed by atoms with Gasteiger partial charge in [0.25, 0.3) is 0 Å². The molecule has 1 atom stereocenters. The van der Waals surface area contributed by atoms with Crippen LogP contribution < -0.4 is 0 Å². The highest BCUT2D eigenvalue weighted by molar-refractivity contribution is 7.91. The van der Waals surface area contributed by atoms with Gasteiger partial charge in [-0.25, -0.2) is 13.4 Å². The van der Waals surface area contributed by atoms with Crippen LogP contribution in [-0.4, -0.2) is 65.1 Å². The van der Waals surface area contributed by atoms with Gasteiger partial charge in [-0.2, -0.15) is 0 Å². The third-order valence-corrected chi connectivity index (χ3v) is 5.98. The van der Waals surface area contributed by atoms with E-state index in [1.807, 2.05) is 11.9 Å². The van der Waals surface area contributed by atoms with Crippen molar-refractivity contribution in [2.24, 2.45) is 5.92 Å². The maximum Gasteiger partial charge on any atom is 0.227 e. The molecule has 1 aromatic heterocycles. The highest BCUT2D eigenvalue weighted by Gasteiger charge is 2.23. The summed E-state index contributed by atoms with van der Waals surface area (Å²) in [4.78, 5) is 6.08. The molecule has 1 aromatic rings. The number of aromatic nitrogens is 2. The van der Waals surface area contributed by atoms with Gasteiger partial charge in [0.2, 0.25) is 15.0 Å². The summed E-state index contributed by atoms with van der Waals surface area (Å²) in [6.45, 7) is 7.33. The maximum absolute atomic E-state index is 12.8. The average molecular weight is 390 g/mol. The molecule has 0 amide bonds. The van der Waals surface area contributed by atoms with Gasteiger partial charge in [0.05, 0.1) is 30.4 Å². The van der Waals surface area contributed by atoms with Crippen molar-refractivity contribution in [1.82, 2.24) is 14.5 Å². The lowest BCUT2D eigenvalue weighted by atomic mass is 10.1. The Hall–Kier alpha value is -0.960. The number of aliphatic hydroxyl groups excluding tert-OH is 2. The Morgan fingerprint density at radius 3 is 2.58 bits per heavy atom. The molecule has 0 saturated carbocycles. The highest BCUT2D eigenvalue weighted by Crippen LogP contribution is 2.18. The van der Waals surface area contributed by atoms with Crippen molar-refractivity contribution in [2.45, 2.75) is 70.8 Å². The topological polar surface area (TPSA) is 95.7 Å². The van der Waals surface area contributed by atoms with Gasteiger partial charge in [-0.15, -0.1) is 0 Å². The molecule has 0 saturated heterocycles. The highest BCUT2D eigenvalue weighted by atomic mass is 32.2. The summed E-state index contributed by atoms with van der Waals surface area (Å²) in [5, 5.41) is 18.7. The van der Waals surface area contributed by atoms with Crippen LogP contribution >= 0.6 is 0 Å². The lowest BCUT2D eigenvalue weighted by molar-refractivity contribution is 0.0641. The third-order valence-electron chi connectivity index (χ3n) is 4.27. The second-order valence-electron chi connectivity index (χ2n) is 7.43. The Kier molecular flexibility index (Phi) is 9.78. The smallest absolute Gasteiger partial charge is 0.227 e. The number of aliphatic hydroxyl groups is 2. The molecule has 1 rings (SSSR count). The fourth-order valence-corrected chi connectivity index (χ4v) is 4.34. The molecule has 1 unspecified atom stereocenters. The van der Waals surface area contributed by atoms with Gasteiger partial charge in [-0.05, 0) is 32.2 Å². The Bertz CT molecular complexity index is 628. The monoisotopic (exact) mass is 389 g/mol. The van der Waals surface area contributed by atoms with Gasteiger partial charge in [-0.3, -0.25) is 4.90 Å². The number of rotatable bonds is 13. The molecule has 0 aliphatic heterocycles. The zero-order chi connectivity index (χ0) is 19.7. The Balaban J connectivity index is 2.96. The molecular weight excluding hydrogens is 354 g/mol. The van der Waals surface area contributed by atoms with Crippen LogP contribution in [-0.2, 0) is 22.9 Å². The second kappa shape index (κ2) is 11.0. The van der Waals surface area contributed by atoms with Crippen LogP contribution in [0.15, 0.2) is 11.4 Å². The van der Waals surface area contributed by atoms with E-state index in [2.05, 4.69) is 25.8 Å². The van der Waals surface area contributed by atoms with Crippen molar-refractivity contribution in [1.29, 1.82) is 0 Å². The molecular formula is C18H35N3O4S. The normalized spacial score (nSPS) is 13.7. The molecule has 0 fully saturated rings. The van der Waals surface area contributed by atoms with Gasteiger partial charge in [0, 0.05) is 19.6 Å². The van der Waals surface area contributed by atoms with E-state index in [1.54, 1.807) is 10.8 Å². The van der Waals surface area contributed by atoms with Crippen molar-refractivity contribution >= 4 is 9.84 Å². The van der Waals surface area contributed by atoms with Gasteiger partial charge in [0.1, 0.15) is 0 Å². The Morgan fingerprint density at radius 2 is 2.00 bits per heavy atom. The maximum atomic E-state index is 12.8. The molecule has 0 aromatic carbocycles. The molecule has 2 N–H and O–H groups in total. The largest absolute Gasteiger partial charge is 0.394 e. The van der Waals surface area contributed by atoms with Crippen LogP contribution in [0.1, 0.15) is 52.1 Å². The number of hydrogen-bond donors (Lipinski definition) is 2. The van der Waals surface area contributed by atoms with Crippen molar-refractivity contribution in [3.05, 3.63) is 11.9 Å². The minimum Gasteiger partial charge on any atom is -0.394 e. The van der Waals surface area contributed by atoms with E-state index >= 15 is 0 Å². The molecule has 0 bridgehead atoms. The van der Waals surface area contributed by atoms with Crippen LogP contribution in [0, 0.1) is 5.92 Å². The number of unbranched alkanes of at least 4 members (excludes halogenated alkanes) is 1. The van der Waals surface area contributed by atoms with Gasteiger partial charge in [0.15, 0.2) is 0 Å². The van der Waals surface area contributed by atoms with E-state index in [0.717, 1.165) is 25.0 Å². The van der Waals surface area contributed by atoms with E-state index in [1.165, 1.54) is 0 Å². The van der Waals surface area contributed by atoms with Gasteiger partial charge < -0.3 is 14.8 Å². The van der Waals surface area contributed by atoms with Crippen LogP contribution in [0.4, 0.5) is 0 Å². The molecule has 0 radical (unpaired) electrons. The lowest BCUT2D eigenvalue weighted by Gasteiger charge is -2.20. The number of nitrogens with zero attached hydrogens (tertiary/aromatic N) is 3. The summed E-state index contributed by atoms with van der Waals surface area (Å²) < 4.78 is 27.3. The third kappa shape index (κ3) is 7.34. The molecule has 8 heteroatoms. The average Bonchev–Trinajstić information content (AvgIpc) is 2.95. The molecule has 152 valence electrons. The van der Waals surface area contributed by atoms with E-state index in [9.17, 15) is 13.5 Å². The van der Waals surface area contributed by atoms with Crippen molar-refractivity contribution in [3.8, 4) is 0 Å². The van der Waals surface area contributed by atoms with E-state index < -0.39 is 15.9 Å². The molecule has 1 heterocycles. The van der Waals surface area contributed by atoms with Crippen molar-refractivity contribution < 1.29 is 18.6 Å². The number of sulfone groups is 1. The molecule has 0 aliphatic carbocycles. The predicted octanol–water partition coefficient (Wildman–Crippen LogP) is 1.68. The first-order valence-corrected chi connectivity index (χ1v) is 11.1. The van der Waals surface area contributed by atoms with Crippen LogP contribution in [0.25, 0.3) is 0 Å². The lowest BCUT2D eigenvalue weighted by Crippen LogP contribution is -2.31. The van der Waals surface area contributed by atoms with Gasteiger partial charge in [-0.1, -0.05) is 27.2 Å². The van der Waals surface area contributed by atoms with Gasteiger partial charge >= 0.3 is 0 Å². The van der Waals surface area contributed by atoms with E-state index in [-0.39, 0.29) is 17.5 Å². The predicted molar refractivity (Wildman–Crippen MR) is 103 cm³/mol. The first kappa shape index (κ1) is 23.1. The number of likely N-dealkylation sites (N-methyl/N-ethyl adjacent to an activating group) is 1. The minimum atomic E-state index is -3.42. The van der Waals surface area contributed by atoms with Crippen molar-refractivity contribution in [3.63, 3.8) is 0 Å². The Morgan fingerprint density at radius 1 is 1.31 bits per heavy atom. The molecule has 0 spiro atoms. The number of imidazole rings is 1. The fourth-order valence-electron chi connectivity index (χ4n) is 2.85. The molecule has 7 nitrogen and oxygen atoms in total. The molecule has 0 aliphatic rings. The van der Waals surface area contributed by atoms with Crippen LogP contribution in [0.2, 0.25) is 0 Å². The van der Waals surface area contributed by atoms with Crippen molar-refractivity contribution in [2.75, 3.05) is 26.0 Å². The second-order valence-corrected chi connectivity index (χ2v) is 9.43. The summed E-state index contributed by atoms with van der Waals surface area (Å²) in [5.41, 5.74) is 0.813. The number of hydrogen-bond acceptors (Lipinski definition) is 6.